The average molecular weight is 687 g/mol. The lowest BCUT2D eigenvalue weighted by atomic mass is 9.82. The summed E-state index contributed by atoms with van der Waals surface area (Å²) >= 11 is 0. The Labute approximate surface area is 296 Å². The number of aliphatic hydroxyl groups excluding tert-OH is 2. The highest BCUT2D eigenvalue weighted by atomic mass is 16.3. The fourth-order valence-electron chi connectivity index (χ4n) is 7.02. The summed E-state index contributed by atoms with van der Waals surface area (Å²) in [5.74, 6) is 2.06. The first-order chi connectivity index (χ1) is 24.0. The summed E-state index contributed by atoms with van der Waals surface area (Å²) in [4.78, 5) is 50.7. The second-order valence-electron chi connectivity index (χ2n) is 14.5. The van der Waals surface area contributed by atoms with E-state index in [-0.39, 0.29) is 30.6 Å². The van der Waals surface area contributed by atoms with E-state index < -0.39 is 36.1 Å². The minimum absolute atomic E-state index is 0.0364. The van der Waals surface area contributed by atoms with Gasteiger partial charge in [-0.25, -0.2) is 9.78 Å². The molecule has 1 heterocycles. The summed E-state index contributed by atoms with van der Waals surface area (Å²) in [5.41, 5.74) is 2.70. The number of carbonyl (C=O) groups excluding carboxylic acids is 3. The van der Waals surface area contributed by atoms with Gasteiger partial charge in [0.2, 0.25) is 11.8 Å². The Morgan fingerprint density at radius 1 is 1.06 bits per heavy atom. The Hall–Kier alpha value is -4.04. The van der Waals surface area contributed by atoms with Crippen molar-refractivity contribution in [3.8, 4) is 12.3 Å². The first-order valence-corrected chi connectivity index (χ1v) is 18.2. The molecule has 0 aliphatic heterocycles. The number of amides is 3. The second-order valence-corrected chi connectivity index (χ2v) is 14.5. The number of H-pyrrole nitrogens is 1. The van der Waals surface area contributed by atoms with Crippen LogP contribution in [0, 0.1) is 30.1 Å². The second kappa shape index (κ2) is 19.4. The quantitative estimate of drug-likeness (QED) is 0.129. The number of quaternary nitrogens is 1. The Kier molecular flexibility index (Phi) is 15.0. The van der Waals surface area contributed by atoms with Gasteiger partial charge in [0.05, 0.1) is 23.1 Å². The fourth-order valence-corrected chi connectivity index (χ4v) is 7.02. The Morgan fingerprint density at radius 2 is 1.76 bits per heavy atom. The molecule has 3 amide bonds. The van der Waals surface area contributed by atoms with Gasteiger partial charge in [-0.05, 0) is 42.4 Å². The molecule has 50 heavy (non-hydrogen) atoms. The van der Waals surface area contributed by atoms with Crippen LogP contribution in [0.2, 0.25) is 0 Å². The van der Waals surface area contributed by atoms with Crippen LogP contribution in [0.1, 0.15) is 83.0 Å². The molecule has 270 valence electrons. The summed E-state index contributed by atoms with van der Waals surface area (Å²) < 4.78 is 0. The van der Waals surface area contributed by atoms with Crippen molar-refractivity contribution in [3.05, 3.63) is 66.0 Å². The third-order valence-corrected chi connectivity index (χ3v) is 9.90. The van der Waals surface area contributed by atoms with Gasteiger partial charge in [-0.1, -0.05) is 88.4 Å². The molecule has 0 radical (unpaired) electrons. The molecule has 1 aliphatic rings. The minimum Gasteiger partial charge on any atom is -0.390 e. The predicted molar refractivity (Wildman–Crippen MR) is 194 cm³/mol. The number of primary amides is 1. The molecule has 0 saturated heterocycles. The van der Waals surface area contributed by atoms with Crippen LogP contribution in [0.3, 0.4) is 0 Å². The molecule has 5 atom stereocenters. The van der Waals surface area contributed by atoms with Crippen molar-refractivity contribution >= 4 is 28.8 Å². The van der Waals surface area contributed by atoms with E-state index in [1.807, 2.05) is 68.4 Å². The standard InChI is InChI=1S/C40H55N5O5/c1-5-14-33(40(50)44-34(25-29-17-10-7-11-18-29)38(48)35(46)23-27(2)3)43-39(49)30(24-28-15-8-6-9-16-28)26-37(47)45(4)22-21-36-41-31-19-12-13-20-32(31)42-36/h1,6,8-9,12-13,15-16,19-20,27,29-30,33-35,38,46,48H,7,10-11,14,17-18,21-26H2,2-4H3,(H,41,42)(H,43,49)(H,44,50)/p+1/t30?,33-,34-,35-,38?/m0/s1. The number of aromatic amines is 1. The van der Waals surface area contributed by atoms with Crippen molar-refractivity contribution in [3.63, 3.8) is 0 Å². The molecular weight excluding hydrogens is 630 g/mol. The van der Waals surface area contributed by atoms with Gasteiger partial charge in [0.15, 0.2) is 6.04 Å². The topological polar surface area (TPSA) is 152 Å². The number of nitrogens with zero attached hydrogens (tertiary/aromatic N) is 2. The largest absolute Gasteiger partial charge is 0.390 e. The van der Waals surface area contributed by atoms with Crippen LogP contribution in [0.25, 0.3) is 11.0 Å². The highest BCUT2D eigenvalue weighted by molar-refractivity contribution is 5.89. The van der Waals surface area contributed by atoms with E-state index in [0.717, 1.165) is 48.1 Å². The molecule has 2 unspecified atom stereocenters. The molecule has 3 aromatic rings. The number of imidazole rings is 1. The monoisotopic (exact) mass is 686 g/mol. The maximum atomic E-state index is 13.9. The minimum atomic E-state index is -1.11. The van der Waals surface area contributed by atoms with Gasteiger partial charge in [0, 0.05) is 39.3 Å². The lowest BCUT2D eigenvalue weighted by Crippen LogP contribution is -2.98. The van der Waals surface area contributed by atoms with E-state index in [2.05, 4.69) is 21.2 Å². The van der Waals surface area contributed by atoms with Gasteiger partial charge in [0.25, 0.3) is 0 Å². The van der Waals surface area contributed by atoms with Gasteiger partial charge >= 0.3 is 5.91 Å². The number of para-hydroxylation sites is 2. The Balaban J connectivity index is 1.44. The summed E-state index contributed by atoms with van der Waals surface area (Å²) in [6, 6.07) is 15.7. The first kappa shape index (κ1) is 38.8. The van der Waals surface area contributed by atoms with Crippen LogP contribution in [0.15, 0.2) is 54.6 Å². The SMILES string of the molecule is C#CC[C@H](NC(=O)C(CC(=O)N(C)CCc1nc2ccccc2[nH]1)Cc1ccccc1)C(=O)[NH2+][C@@H](CC1CCCCC1)C(O)[C@@H](O)CC(C)C. The van der Waals surface area contributed by atoms with Gasteiger partial charge in [-0.3, -0.25) is 14.9 Å². The number of nitrogens with one attached hydrogen (secondary N) is 2. The Morgan fingerprint density at radius 3 is 2.44 bits per heavy atom. The van der Waals surface area contributed by atoms with E-state index in [4.69, 9.17) is 6.42 Å². The number of likely N-dealkylation sites (N-methyl/N-ethyl adjacent to an activating group) is 1. The number of nitrogens with two attached hydrogens (primary N) is 1. The van der Waals surface area contributed by atoms with Crippen molar-refractivity contribution in [2.75, 3.05) is 13.6 Å². The molecule has 4 rings (SSSR count). The van der Waals surface area contributed by atoms with Crippen LogP contribution in [0.5, 0.6) is 0 Å². The van der Waals surface area contributed by atoms with Gasteiger partial charge in [0.1, 0.15) is 18.0 Å². The molecule has 10 nitrogen and oxygen atoms in total. The number of aromatic nitrogens is 2. The lowest BCUT2D eigenvalue weighted by Gasteiger charge is -2.30. The van der Waals surface area contributed by atoms with Crippen LogP contribution >= 0.6 is 0 Å². The van der Waals surface area contributed by atoms with Crippen LogP contribution in [-0.4, -0.2) is 80.7 Å². The van der Waals surface area contributed by atoms with Crippen molar-refractivity contribution in [1.29, 1.82) is 0 Å². The van der Waals surface area contributed by atoms with Crippen molar-refractivity contribution in [1.82, 2.24) is 20.2 Å². The molecule has 1 aliphatic carbocycles. The zero-order valence-electron chi connectivity index (χ0n) is 29.9. The van der Waals surface area contributed by atoms with Crippen LogP contribution in [0.4, 0.5) is 0 Å². The highest BCUT2D eigenvalue weighted by Crippen LogP contribution is 2.28. The maximum absolute atomic E-state index is 13.9. The number of carbonyl (C=O) groups is 3. The molecule has 6 N–H and O–H groups in total. The van der Waals surface area contributed by atoms with E-state index in [9.17, 15) is 24.6 Å². The first-order valence-electron chi connectivity index (χ1n) is 18.2. The third kappa shape index (κ3) is 11.8. The fraction of sp³-hybridized carbons (Fsp3) is 0.550. The number of aliphatic hydroxyl groups is 2. The number of fused-ring (bicyclic) bond motifs is 1. The van der Waals surface area contributed by atoms with Crippen LogP contribution < -0.4 is 10.6 Å². The predicted octanol–water partition coefficient (Wildman–Crippen LogP) is 3.52. The highest BCUT2D eigenvalue weighted by Gasteiger charge is 2.37. The van der Waals surface area contributed by atoms with Crippen LogP contribution in [-0.2, 0) is 27.2 Å². The normalized spacial score (nSPS) is 16.7. The summed E-state index contributed by atoms with van der Waals surface area (Å²) in [5, 5.41) is 26.4. The van der Waals surface area contributed by atoms with E-state index in [1.54, 1.807) is 11.9 Å². The summed E-state index contributed by atoms with van der Waals surface area (Å²) in [6.45, 7) is 4.38. The van der Waals surface area contributed by atoms with Crippen molar-refractivity contribution in [2.45, 2.75) is 109 Å². The number of benzene rings is 2. The lowest BCUT2D eigenvalue weighted by molar-refractivity contribution is -0.620. The molecule has 2 aromatic carbocycles. The number of rotatable bonds is 18. The van der Waals surface area contributed by atoms with Gasteiger partial charge < -0.3 is 25.4 Å². The molecular formula is C40H56N5O5+. The van der Waals surface area contributed by atoms with Gasteiger partial charge in [-0.2, -0.15) is 0 Å². The molecule has 1 saturated carbocycles. The zero-order chi connectivity index (χ0) is 36.0. The summed E-state index contributed by atoms with van der Waals surface area (Å²) in [7, 11) is 1.72. The molecule has 1 fully saturated rings. The van der Waals surface area contributed by atoms with Crippen molar-refractivity contribution in [2.24, 2.45) is 17.8 Å². The van der Waals surface area contributed by atoms with E-state index in [0.29, 0.717) is 38.1 Å². The molecule has 0 bridgehead atoms. The third-order valence-electron chi connectivity index (χ3n) is 9.90. The zero-order valence-corrected chi connectivity index (χ0v) is 29.9. The van der Waals surface area contributed by atoms with Gasteiger partial charge in [-0.15, -0.1) is 12.3 Å². The Bertz CT molecular complexity index is 1530. The number of terminal acetylenes is 1. The van der Waals surface area contributed by atoms with Crippen molar-refractivity contribution < 1.29 is 29.9 Å². The smallest absolute Gasteiger partial charge is 0.334 e. The number of hydrogen-bond acceptors (Lipinski definition) is 6. The summed E-state index contributed by atoms with van der Waals surface area (Å²) in [6.07, 6.45) is 10.8. The molecule has 10 heteroatoms. The van der Waals surface area contributed by atoms with E-state index >= 15 is 0 Å². The average Bonchev–Trinajstić information content (AvgIpc) is 3.53. The van der Waals surface area contributed by atoms with E-state index in [1.165, 1.54) is 11.7 Å². The molecule has 1 aromatic heterocycles. The molecule has 0 spiro atoms. The maximum Gasteiger partial charge on any atom is 0.334 e. The number of hydrogen-bond donors (Lipinski definition) is 5.